The van der Waals surface area contributed by atoms with Gasteiger partial charge in [-0.1, -0.05) is 39.7 Å². The predicted octanol–water partition coefficient (Wildman–Crippen LogP) is 5.62. The van der Waals surface area contributed by atoms with Gasteiger partial charge in [0.15, 0.2) is 0 Å². The van der Waals surface area contributed by atoms with E-state index >= 15 is 0 Å². The fourth-order valence-corrected chi connectivity index (χ4v) is 3.73. The molecule has 0 amide bonds. The van der Waals surface area contributed by atoms with Crippen LogP contribution in [0.5, 0.6) is 5.75 Å². The predicted molar refractivity (Wildman–Crippen MR) is 91.6 cm³/mol. The van der Waals surface area contributed by atoms with Gasteiger partial charge in [-0.2, -0.15) is 0 Å². The Morgan fingerprint density at radius 2 is 1.86 bits per heavy atom. The average Bonchev–Trinajstić information content (AvgIpc) is 2.47. The minimum atomic E-state index is -0.780. The van der Waals surface area contributed by atoms with Crippen LogP contribution >= 0.6 is 43.5 Å². The zero-order valence-electron chi connectivity index (χ0n) is 10.9. The average molecular weight is 445 g/mol. The molecule has 3 rings (SSSR count). The van der Waals surface area contributed by atoms with Crippen LogP contribution in [0.15, 0.2) is 51.0 Å². The first-order valence-electron chi connectivity index (χ1n) is 6.23. The Kier molecular flexibility index (Phi) is 4.25. The quantitative estimate of drug-likeness (QED) is 0.446. The summed E-state index contributed by atoms with van der Waals surface area (Å²) < 4.78 is 7.44. The van der Waals surface area contributed by atoms with Gasteiger partial charge in [-0.05, 0) is 40.2 Å². The Morgan fingerprint density at radius 1 is 1.18 bits per heavy atom. The highest BCUT2D eigenvalue weighted by Crippen LogP contribution is 2.43. The number of nitro groups is 1. The number of nitrogens with zero attached hydrogens (tertiary/aromatic N) is 1. The first-order valence-corrected chi connectivity index (χ1v) is 8.19. The van der Waals surface area contributed by atoms with Crippen molar-refractivity contribution in [1.29, 1.82) is 0 Å². The van der Waals surface area contributed by atoms with Crippen molar-refractivity contribution >= 4 is 49.5 Å². The van der Waals surface area contributed by atoms with Crippen LogP contribution in [-0.4, -0.2) is 4.92 Å². The Bertz CT molecular complexity index is 790. The van der Waals surface area contributed by atoms with Gasteiger partial charge in [-0.25, -0.2) is 0 Å². The lowest BCUT2D eigenvalue weighted by Gasteiger charge is -2.23. The second-order valence-electron chi connectivity index (χ2n) is 4.68. The second-order valence-corrected chi connectivity index (χ2v) is 6.89. The molecule has 2 aromatic carbocycles. The van der Waals surface area contributed by atoms with E-state index in [-0.39, 0.29) is 5.70 Å². The highest BCUT2D eigenvalue weighted by atomic mass is 79.9. The monoisotopic (exact) mass is 443 g/mol. The highest BCUT2D eigenvalue weighted by molar-refractivity contribution is 9.11. The number of halogens is 3. The summed E-state index contributed by atoms with van der Waals surface area (Å²) in [4.78, 5) is 11.0. The van der Waals surface area contributed by atoms with Gasteiger partial charge in [0.25, 0.3) is 5.70 Å². The van der Waals surface area contributed by atoms with Crippen LogP contribution in [-0.2, 0) is 0 Å². The second kappa shape index (κ2) is 6.02. The van der Waals surface area contributed by atoms with Crippen LogP contribution in [0.1, 0.15) is 17.2 Å². The van der Waals surface area contributed by atoms with E-state index in [1.807, 2.05) is 6.07 Å². The third-order valence-electron chi connectivity index (χ3n) is 3.23. The lowest BCUT2D eigenvalue weighted by atomic mass is 10.0. The Morgan fingerprint density at radius 3 is 2.50 bits per heavy atom. The van der Waals surface area contributed by atoms with Crippen molar-refractivity contribution in [2.24, 2.45) is 0 Å². The largest absolute Gasteiger partial charge is 0.473 e. The van der Waals surface area contributed by atoms with Crippen molar-refractivity contribution in [3.8, 4) is 5.75 Å². The topological polar surface area (TPSA) is 52.4 Å². The number of benzene rings is 2. The van der Waals surface area contributed by atoms with Crippen LogP contribution in [0.3, 0.4) is 0 Å². The molecule has 112 valence electrons. The van der Waals surface area contributed by atoms with E-state index in [2.05, 4.69) is 31.9 Å². The molecule has 0 fully saturated rings. The summed E-state index contributed by atoms with van der Waals surface area (Å²) in [5.41, 5.74) is 1.31. The zero-order valence-corrected chi connectivity index (χ0v) is 14.9. The molecular weight excluding hydrogens is 437 g/mol. The number of fused-ring (bicyclic) bond motifs is 1. The molecule has 0 aromatic heterocycles. The van der Waals surface area contributed by atoms with Crippen LogP contribution in [0.25, 0.3) is 6.08 Å². The normalized spacial score (nSPS) is 16.5. The zero-order chi connectivity index (χ0) is 15.9. The van der Waals surface area contributed by atoms with Gasteiger partial charge in [0.05, 0.1) is 9.40 Å². The molecule has 0 bridgehead atoms. The maximum Gasteiger partial charge on any atom is 0.291 e. The van der Waals surface area contributed by atoms with E-state index in [1.54, 1.807) is 30.3 Å². The molecule has 0 aliphatic carbocycles. The van der Waals surface area contributed by atoms with Crippen molar-refractivity contribution in [2.45, 2.75) is 6.10 Å². The molecule has 7 heteroatoms. The molecule has 1 atom stereocenters. The lowest BCUT2D eigenvalue weighted by molar-refractivity contribution is -0.434. The van der Waals surface area contributed by atoms with Gasteiger partial charge in [-0.3, -0.25) is 10.1 Å². The summed E-state index contributed by atoms with van der Waals surface area (Å²) in [6, 6.07) is 10.4. The number of hydrogen-bond donors (Lipinski definition) is 0. The van der Waals surface area contributed by atoms with Gasteiger partial charge >= 0.3 is 0 Å². The smallest absolute Gasteiger partial charge is 0.291 e. The van der Waals surface area contributed by atoms with Crippen molar-refractivity contribution in [3.05, 3.63) is 77.3 Å². The van der Waals surface area contributed by atoms with Gasteiger partial charge in [-0.15, -0.1) is 0 Å². The van der Waals surface area contributed by atoms with Crippen molar-refractivity contribution in [3.63, 3.8) is 0 Å². The number of hydrogen-bond acceptors (Lipinski definition) is 3. The van der Waals surface area contributed by atoms with Crippen LogP contribution < -0.4 is 4.74 Å². The molecule has 1 aliphatic rings. The SMILES string of the molecule is O=[N+]([O-])C1=Cc2cc(Br)cc(Br)c2OC1c1ccc(Cl)cc1. The van der Waals surface area contributed by atoms with Gasteiger partial charge < -0.3 is 4.74 Å². The van der Waals surface area contributed by atoms with Crippen molar-refractivity contribution in [1.82, 2.24) is 0 Å². The minimum Gasteiger partial charge on any atom is -0.473 e. The van der Waals surface area contributed by atoms with Crippen molar-refractivity contribution < 1.29 is 9.66 Å². The van der Waals surface area contributed by atoms with Crippen LogP contribution in [0.2, 0.25) is 5.02 Å². The molecule has 22 heavy (non-hydrogen) atoms. The molecule has 0 N–H and O–H groups in total. The van der Waals surface area contributed by atoms with E-state index in [1.165, 1.54) is 6.08 Å². The number of ether oxygens (including phenoxy) is 1. The summed E-state index contributed by atoms with van der Waals surface area (Å²) in [6.07, 6.45) is 0.755. The Balaban J connectivity index is 2.13. The summed E-state index contributed by atoms with van der Waals surface area (Å²) in [5, 5.41) is 12.0. The van der Waals surface area contributed by atoms with Crippen LogP contribution in [0.4, 0.5) is 0 Å². The molecule has 1 unspecified atom stereocenters. The summed E-state index contributed by atoms with van der Waals surface area (Å²) in [7, 11) is 0. The summed E-state index contributed by atoms with van der Waals surface area (Å²) in [5.74, 6) is 0.578. The maximum atomic E-state index is 11.4. The summed E-state index contributed by atoms with van der Waals surface area (Å²) in [6.45, 7) is 0. The lowest BCUT2D eigenvalue weighted by Crippen LogP contribution is -2.20. The standard InChI is InChI=1S/C15H8Br2ClNO3/c16-10-5-9-6-13(19(20)21)15(22-14(9)12(17)7-10)8-1-3-11(18)4-2-8/h1-7,15H. The first kappa shape index (κ1) is 15.5. The van der Waals surface area contributed by atoms with Crippen molar-refractivity contribution in [2.75, 3.05) is 0 Å². The Hall–Kier alpha value is -1.37. The third-order valence-corrected chi connectivity index (χ3v) is 4.53. The molecular formula is C15H8Br2ClNO3. The van der Waals surface area contributed by atoms with Gasteiger partial charge in [0.1, 0.15) is 5.75 Å². The minimum absolute atomic E-state index is 0.0141. The van der Waals surface area contributed by atoms with E-state index in [0.29, 0.717) is 21.9 Å². The molecule has 0 saturated carbocycles. The fraction of sp³-hybridized carbons (Fsp3) is 0.0667. The molecule has 1 heterocycles. The first-order chi connectivity index (χ1) is 10.5. The van der Waals surface area contributed by atoms with Gasteiger partial charge in [0, 0.05) is 26.7 Å². The fourth-order valence-electron chi connectivity index (χ4n) is 2.25. The molecule has 0 radical (unpaired) electrons. The summed E-state index contributed by atoms with van der Waals surface area (Å²) >= 11 is 12.7. The maximum absolute atomic E-state index is 11.4. The Labute approximate surface area is 148 Å². The molecule has 0 saturated heterocycles. The number of rotatable bonds is 2. The van der Waals surface area contributed by atoms with Gasteiger partial charge in [0.2, 0.25) is 6.10 Å². The van der Waals surface area contributed by atoms with E-state index in [9.17, 15) is 10.1 Å². The molecule has 2 aromatic rings. The van der Waals surface area contributed by atoms with E-state index < -0.39 is 11.0 Å². The third kappa shape index (κ3) is 2.91. The van der Waals surface area contributed by atoms with Crippen LogP contribution in [0, 0.1) is 10.1 Å². The molecule has 1 aliphatic heterocycles. The highest BCUT2D eigenvalue weighted by Gasteiger charge is 2.34. The molecule has 0 spiro atoms. The molecule has 4 nitrogen and oxygen atoms in total. The van der Waals surface area contributed by atoms with E-state index in [4.69, 9.17) is 16.3 Å². The van der Waals surface area contributed by atoms with E-state index in [0.717, 1.165) is 8.95 Å².